The molecule has 0 bridgehead atoms. The number of aliphatic carboxylic acids is 1. The van der Waals surface area contributed by atoms with Crippen LogP contribution in [0.5, 0.6) is 0 Å². The average Bonchev–Trinajstić information content (AvgIpc) is 2.30. The van der Waals surface area contributed by atoms with E-state index in [4.69, 9.17) is 10.8 Å². The third-order valence-corrected chi connectivity index (χ3v) is 4.46. The van der Waals surface area contributed by atoms with Gasteiger partial charge in [0.05, 0.1) is 0 Å². The molecule has 3 N–H and O–H groups in total. The van der Waals surface area contributed by atoms with Gasteiger partial charge in [0.15, 0.2) is 0 Å². The molecule has 0 spiro atoms. The average molecular weight is 260 g/mol. The first kappa shape index (κ1) is 14.8. The second-order valence-corrected chi connectivity index (χ2v) is 5.99. The number of piperidine rings is 1. The van der Waals surface area contributed by atoms with Gasteiger partial charge >= 0.3 is 5.97 Å². The third kappa shape index (κ3) is 5.75. The van der Waals surface area contributed by atoms with Crippen molar-refractivity contribution >= 4 is 17.7 Å². The lowest BCUT2D eigenvalue weighted by molar-refractivity contribution is -0.138. The molecule has 1 saturated heterocycles. The van der Waals surface area contributed by atoms with E-state index in [1.54, 1.807) is 0 Å². The van der Waals surface area contributed by atoms with Crippen LogP contribution in [0.3, 0.4) is 0 Å². The summed E-state index contributed by atoms with van der Waals surface area (Å²) in [6.45, 7) is 1.22. The van der Waals surface area contributed by atoms with E-state index < -0.39 is 12.0 Å². The van der Waals surface area contributed by atoms with Crippen molar-refractivity contribution in [3.8, 4) is 0 Å². The summed E-state index contributed by atoms with van der Waals surface area (Å²) in [5.74, 6) is 1.07. The van der Waals surface area contributed by atoms with E-state index in [1.165, 1.54) is 32.2 Å². The quantitative estimate of drug-likeness (QED) is 0.677. The molecule has 1 aliphatic heterocycles. The number of carboxylic acid groups (broad SMARTS) is 1. The predicted molar refractivity (Wildman–Crippen MR) is 72.4 cm³/mol. The predicted octanol–water partition coefficient (Wildman–Crippen LogP) is 1.40. The summed E-state index contributed by atoms with van der Waals surface area (Å²) in [5.41, 5.74) is 5.44. The Kier molecular flexibility index (Phi) is 6.92. The molecule has 5 heteroatoms. The van der Waals surface area contributed by atoms with Crippen LogP contribution in [0.4, 0.5) is 0 Å². The van der Waals surface area contributed by atoms with E-state index >= 15 is 0 Å². The molecule has 1 aliphatic rings. The van der Waals surface area contributed by atoms with Crippen molar-refractivity contribution in [3.05, 3.63) is 0 Å². The van der Waals surface area contributed by atoms with Gasteiger partial charge in [-0.2, -0.15) is 11.8 Å². The van der Waals surface area contributed by atoms with Gasteiger partial charge in [-0.15, -0.1) is 0 Å². The Bertz CT molecular complexity index is 239. The number of carbonyl (C=O) groups is 1. The number of likely N-dealkylation sites (tertiary alicyclic amines) is 1. The Labute approximate surface area is 108 Å². The Balaban J connectivity index is 2.02. The summed E-state index contributed by atoms with van der Waals surface area (Å²) >= 11 is 1.82. The fourth-order valence-electron chi connectivity index (χ4n) is 2.16. The highest BCUT2D eigenvalue weighted by Gasteiger charge is 2.18. The van der Waals surface area contributed by atoms with E-state index in [-0.39, 0.29) is 0 Å². The molecule has 0 radical (unpaired) electrons. The monoisotopic (exact) mass is 260 g/mol. The van der Waals surface area contributed by atoms with Crippen molar-refractivity contribution in [3.63, 3.8) is 0 Å². The molecule has 0 aromatic carbocycles. The molecule has 2 unspecified atom stereocenters. The van der Waals surface area contributed by atoms with Crippen molar-refractivity contribution in [1.29, 1.82) is 0 Å². The molecule has 100 valence electrons. The molecule has 4 nitrogen and oxygen atoms in total. The van der Waals surface area contributed by atoms with Crippen molar-refractivity contribution in [2.45, 2.75) is 44.2 Å². The van der Waals surface area contributed by atoms with Gasteiger partial charge in [-0.05, 0) is 50.8 Å². The molecule has 0 saturated carbocycles. The number of carboxylic acids is 1. The smallest absolute Gasteiger partial charge is 0.320 e. The van der Waals surface area contributed by atoms with Crippen LogP contribution in [-0.2, 0) is 4.79 Å². The maximum atomic E-state index is 10.5. The highest BCUT2D eigenvalue weighted by atomic mass is 32.2. The molecular weight excluding hydrogens is 236 g/mol. The van der Waals surface area contributed by atoms with E-state index in [9.17, 15) is 4.79 Å². The van der Waals surface area contributed by atoms with Gasteiger partial charge in [-0.1, -0.05) is 6.42 Å². The second-order valence-electron chi connectivity index (χ2n) is 4.76. The fraction of sp³-hybridized carbons (Fsp3) is 0.917. The summed E-state index contributed by atoms with van der Waals surface area (Å²) in [5, 5.41) is 8.64. The molecule has 1 rings (SSSR count). The normalized spacial score (nSPS) is 23.5. The number of nitrogens with zero attached hydrogens (tertiary/aromatic N) is 1. The largest absolute Gasteiger partial charge is 0.480 e. The van der Waals surface area contributed by atoms with Crippen molar-refractivity contribution in [2.24, 2.45) is 5.73 Å². The van der Waals surface area contributed by atoms with Crippen LogP contribution in [0.2, 0.25) is 0 Å². The zero-order chi connectivity index (χ0) is 12.7. The first-order valence-electron chi connectivity index (χ1n) is 6.37. The van der Waals surface area contributed by atoms with Crippen LogP contribution in [0, 0.1) is 0 Å². The van der Waals surface area contributed by atoms with Gasteiger partial charge in [0.2, 0.25) is 0 Å². The zero-order valence-corrected chi connectivity index (χ0v) is 11.4. The minimum atomic E-state index is -0.891. The minimum Gasteiger partial charge on any atom is -0.480 e. The topological polar surface area (TPSA) is 66.6 Å². The van der Waals surface area contributed by atoms with Crippen LogP contribution in [0.25, 0.3) is 0 Å². The van der Waals surface area contributed by atoms with Gasteiger partial charge in [-0.3, -0.25) is 4.79 Å². The molecular formula is C12H24N2O2S. The number of nitrogens with two attached hydrogens (primary N) is 1. The third-order valence-electron chi connectivity index (χ3n) is 3.41. The van der Waals surface area contributed by atoms with Gasteiger partial charge in [-0.25, -0.2) is 0 Å². The van der Waals surface area contributed by atoms with Gasteiger partial charge < -0.3 is 15.7 Å². The summed E-state index contributed by atoms with van der Waals surface area (Å²) < 4.78 is 0. The lowest BCUT2D eigenvalue weighted by atomic mass is 10.0. The Morgan fingerprint density at radius 3 is 2.94 bits per heavy atom. The molecule has 0 aromatic heterocycles. The van der Waals surface area contributed by atoms with Crippen LogP contribution in [-0.4, -0.2) is 53.2 Å². The Morgan fingerprint density at radius 2 is 2.29 bits per heavy atom. The SMILES string of the molecule is CN1CCCCC1CCSCCC(N)C(=O)O. The zero-order valence-electron chi connectivity index (χ0n) is 10.6. The second kappa shape index (κ2) is 7.95. The van der Waals surface area contributed by atoms with Crippen molar-refractivity contribution in [1.82, 2.24) is 4.90 Å². The van der Waals surface area contributed by atoms with Crippen LogP contribution >= 0.6 is 11.8 Å². The Morgan fingerprint density at radius 1 is 1.53 bits per heavy atom. The number of rotatable bonds is 7. The fourth-order valence-corrected chi connectivity index (χ4v) is 3.23. The first-order valence-corrected chi connectivity index (χ1v) is 7.53. The van der Waals surface area contributed by atoms with Crippen molar-refractivity contribution < 1.29 is 9.90 Å². The molecule has 2 atom stereocenters. The Hall–Kier alpha value is -0.260. The van der Waals surface area contributed by atoms with Crippen LogP contribution in [0.15, 0.2) is 0 Å². The van der Waals surface area contributed by atoms with Gasteiger partial charge in [0.25, 0.3) is 0 Å². The van der Waals surface area contributed by atoms with Crippen LogP contribution in [0.1, 0.15) is 32.1 Å². The summed E-state index contributed by atoms with van der Waals surface area (Å²) in [6.07, 6.45) is 5.77. The maximum absolute atomic E-state index is 10.5. The first-order chi connectivity index (χ1) is 8.11. The standard InChI is InChI=1S/C12H24N2O2S/c1-14-7-3-2-4-10(14)5-8-17-9-6-11(13)12(15)16/h10-11H,2-9,13H2,1H3,(H,15,16). The molecule has 17 heavy (non-hydrogen) atoms. The molecule has 1 heterocycles. The molecule has 1 fully saturated rings. The molecule has 0 amide bonds. The summed E-state index contributed by atoms with van der Waals surface area (Å²) in [7, 11) is 2.20. The maximum Gasteiger partial charge on any atom is 0.320 e. The van der Waals surface area contributed by atoms with Crippen molar-refractivity contribution in [2.75, 3.05) is 25.1 Å². The minimum absolute atomic E-state index is 0.570. The van der Waals surface area contributed by atoms with Gasteiger partial charge in [0.1, 0.15) is 6.04 Å². The van der Waals surface area contributed by atoms with E-state index in [2.05, 4.69) is 11.9 Å². The number of hydrogen-bond acceptors (Lipinski definition) is 4. The number of thioether (sulfide) groups is 1. The molecule has 0 aromatic rings. The van der Waals surface area contributed by atoms with E-state index in [0.717, 1.165) is 17.5 Å². The van der Waals surface area contributed by atoms with Gasteiger partial charge in [0, 0.05) is 6.04 Å². The highest BCUT2D eigenvalue weighted by molar-refractivity contribution is 7.99. The molecule has 0 aliphatic carbocycles. The lowest BCUT2D eigenvalue weighted by Crippen LogP contribution is -2.36. The number of hydrogen-bond donors (Lipinski definition) is 2. The van der Waals surface area contributed by atoms with E-state index in [0.29, 0.717) is 6.42 Å². The summed E-state index contributed by atoms with van der Waals surface area (Å²) in [4.78, 5) is 13.0. The highest BCUT2D eigenvalue weighted by Crippen LogP contribution is 2.19. The summed E-state index contributed by atoms with van der Waals surface area (Å²) in [6, 6.07) is 0.0317. The van der Waals surface area contributed by atoms with Crippen LogP contribution < -0.4 is 5.73 Å². The lowest BCUT2D eigenvalue weighted by Gasteiger charge is -2.32. The van der Waals surface area contributed by atoms with E-state index in [1.807, 2.05) is 11.8 Å².